The number of thiazole rings is 1. The van der Waals surface area contributed by atoms with Gasteiger partial charge in [-0.15, -0.1) is 23.7 Å². The molecule has 5 nitrogen and oxygen atoms in total. The highest BCUT2D eigenvalue weighted by Crippen LogP contribution is 2.31. The summed E-state index contributed by atoms with van der Waals surface area (Å²) in [5, 5.41) is 4.94. The number of rotatable bonds is 4. The molecule has 24 heavy (non-hydrogen) atoms. The van der Waals surface area contributed by atoms with E-state index >= 15 is 0 Å². The van der Waals surface area contributed by atoms with Gasteiger partial charge >= 0.3 is 0 Å². The van der Waals surface area contributed by atoms with Crippen LogP contribution < -0.4 is 11.1 Å². The molecule has 0 bridgehead atoms. The Morgan fingerprint density at radius 1 is 1.33 bits per heavy atom. The van der Waals surface area contributed by atoms with Gasteiger partial charge in [0.1, 0.15) is 5.54 Å². The van der Waals surface area contributed by atoms with Crippen LogP contribution in [0.5, 0.6) is 0 Å². The quantitative estimate of drug-likeness (QED) is 0.842. The van der Waals surface area contributed by atoms with Crippen molar-refractivity contribution in [3.05, 3.63) is 35.3 Å². The minimum absolute atomic E-state index is 0. The number of aryl methyl sites for hydroxylation is 1. The molecule has 0 unspecified atom stereocenters. The molecule has 1 saturated heterocycles. The molecule has 0 atom stereocenters. The minimum Gasteiger partial charge on any atom is -0.381 e. The minimum atomic E-state index is -0.829. The van der Waals surface area contributed by atoms with E-state index in [1.807, 2.05) is 36.6 Å². The normalized spacial score (nSPS) is 16.2. The molecule has 3 N–H and O–H groups in total. The third kappa shape index (κ3) is 4.70. The van der Waals surface area contributed by atoms with Gasteiger partial charge in [0.25, 0.3) is 0 Å². The van der Waals surface area contributed by atoms with Crippen molar-refractivity contribution in [2.75, 3.05) is 18.5 Å². The lowest BCUT2D eigenvalue weighted by molar-refractivity contribution is -0.124. The Balaban J connectivity index is 0.00000208. The summed E-state index contributed by atoms with van der Waals surface area (Å²) in [6.45, 7) is 3.05. The molecular weight excluding hydrogens is 366 g/mol. The van der Waals surface area contributed by atoms with Gasteiger partial charge < -0.3 is 15.8 Å². The fourth-order valence-corrected chi connectivity index (χ4v) is 4.11. The summed E-state index contributed by atoms with van der Waals surface area (Å²) in [4.78, 5) is 17.9. The first-order valence-electron chi connectivity index (χ1n) is 7.43. The first kappa shape index (κ1) is 19.2. The summed E-state index contributed by atoms with van der Waals surface area (Å²) >= 11 is 3.25. The molecule has 3 rings (SSSR count). The second kappa shape index (κ2) is 8.31. The van der Waals surface area contributed by atoms with Crippen molar-refractivity contribution in [1.82, 2.24) is 4.98 Å². The Morgan fingerprint density at radius 3 is 2.58 bits per heavy atom. The van der Waals surface area contributed by atoms with E-state index in [0.29, 0.717) is 26.1 Å². The first-order chi connectivity index (χ1) is 11.0. The second-order valence-electron chi connectivity index (χ2n) is 5.60. The molecule has 0 saturated carbocycles. The van der Waals surface area contributed by atoms with E-state index in [1.165, 1.54) is 0 Å². The Morgan fingerprint density at radius 2 is 2.00 bits per heavy atom. The van der Waals surface area contributed by atoms with Gasteiger partial charge in [-0.1, -0.05) is 11.8 Å². The third-order valence-electron chi connectivity index (χ3n) is 3.75. The monoisotopic (exact) mass is 385 g/mol. The molecule has 1 aromatic heterocycles. The van der Waals surface area contributed by atoms with Crippen molar-refractivity contribution in [3.63, 3.8) is 0 Å². The van der Waals surface area contributed by atoms with Crippen molar-refractivity contribution in [1.29, 1.82) is 0 Å². The lowest BCUT2D eigenvalue weighted by Crippen LogP contribution is -2.54. The molecule has 1 amide bonds. The van der Waals surface area contributed by atoms with Gasteiger partial charge in [-0.25, -0.2) is 4.98 Å². The van der Waals surface area contributed by atoms with Gasteiger partial charge in [-0.05, 0) is 44.0 Å². The van der Waals surface area contributed by atoms with Gasteiger partial charge in [-0.2, -0.15) is 0 Å². The van der Waals surface area contributed by atoms with E-state index in [2.05, 4.69) is 10.3 Å². The highest BCUT2D eigenvalue weighted by Gasteiger charge is 2.35. The highest BCUT2D eigenvalue weighted by molar-refractivity contribution is 8.01. The maximum atomic E-state index is 12.4. The van der Waals surface area contributed by atoms with E-state index < -0.39 is 5.54 Å². The summed E-state index contributed by atoms with van der Waals surface area (Å²) in [7, 11) is 0. The van der Waals surface area contributed by atoms with Crippen LogP contribution in [-0.4, -0.2) is 29.6 Å². The van der Waals surface area contributed by atoms with Crippen molar-refractivity contribution < 1.29 is 9.53 Å². The first-order valence-corrected chi connectivity index (χ1v) is 9.13. The predicted molar refractivity (Wildman–Crippen MR) is 100 cm³/mol. The summed E-state index contributed by atoms with van der Waals surface area (Å²) in [5.74, 6) is -0.142. The van der Waals surface area contributed by atoms with Crippen molar-refractivity contribution >= 4 is 47.1 Å². The molecular formula is C16H20ClN3O2S2. The number of anilines is 1. The van der Waals surface area contributed by atoms with Gasteiger partial charge in [0.15, 0.2) is 4.34 Å². The molecule has 0 radical (unpaired) electrons. The zero-order valence-corrected chi connectivity index (χ0v) is 15.7. The number of amides is 1. The van der Waals surface area contributed by atoms with Crippen LogP contribution in [0, 0.1) is 6.92 Å². The smallest absolute Gasteiger partial charge is 0.244 e. The lowest BCUT2D eigenvalue weighted by Gasteiger charge is -2.31. The van der Waals surface area contributed by atoms with Crippen LogP contribution in [0.4, 0.5) is 5.69 Å². The molecule has 130 valence electrons. The maximum Gasteiger partial charge on any atom is 0.244 e. The summed E-state index contributed by atoms with van der Waals surface area (Å²) in [6.07, 6.45) is 1.10. The van der Waals surface area contributed by atoms with E-state index in [9.17, 15) is 4.79 Å². The fourth-order valence-electron chi connectivity index (χ4n) is 2.30. The largest absolute Gasteiger partial charge is 0.381 e. The Bertz CT molecular complexity index is 685. The van der Waals surface area contributed by atoms with Gasteiger partial charge in [0, 0.05) is 34.9 Å². The van der Waals surface area contributed by atoms with Crippen LogP contribution in [-0.2, 0) is 9.53 Å². The number of hydrogen-bond donors (Lipinski definition) is 2. The average molecular weight is 386 g/mol. The van der Waals surface area contributed by atoms with E-state index in [1.54, 1.807) is 23.1 Å². The number of nitrogens with zero attached hydrogens (tertiary/aromatic N) is 1. The second-order valence-corrected chi connectivity index (χ2v) is 7.78. The Labute approximate surface area is 155 Å². The number of nitrogens with two attached hydrogens (primary N) is 1. The summed E-state index contributed by atoms with van der Waals surface area (Å²) in [6, 6.07) is 7.74. The summed E-state index contributed by atoms with van der Waals surface area (Å²) in [5.41, 5.74) is 7.14. The van der Waals surface area contributed by atoms with Crippen LogP contribution in [0.15, 0.2) is 38.9 Å². The number of hydrogen-bond acceptors (Lipinski definition) is 6. The molecule has 8 heteroatoms. The molecule has 1 aliphatic rings. The molecule has 0 spiro atoms. The predicted octanol–water partition coefficient (Wildman–Crippen LogP) is 3.47. The van der Waals surface area contributed by atoms with Crippen LogP contribution >= 0.6 is 35.5 Å². The third-order valence-corrected chi connectivity index (χ3v) is 5.82. The van der Waals surface area contributed by atoms with E-state index in [-0.39, 0.29) is 18.3 Å². The maximum absolute atomic E-state index is 12.4. The van der Waals surface area contributed by atoms with Crippen molar-refractivity contribution in [3.8, 4) is 0 Å². The topological polar surface area (TPSA) is 77.2 Å². The lowest BCUT2D eigenvalue weighted by atomic mass is 9.90. The van der Waals surface area contributed by atoms with Crippen LogP contribution in [0.2, 0.25) is 0 Å². The SMILES string of the molecule is Cc1csc(Sc2ccc(NC(=O)C3(N)CCOCC3)cc2)n1.Cl. The Kier molecular flexibility index (Phi) is 6.65. The van der Waals surface area contributed by atoms with Crippen molar-refractivity contribution in [2.45, 2.75) is 34.5 Å². The number of nitrogens with one attached hydrogen (secondary N) is 1. The average Bonchev–Trinajstić information content (AvgIpc) is 2.95. The number of halogens is 1. The van der Waals surface area contributed by atoms with Crippen molar-refractivity contribution in [2.24, 2.45) is 5.73 Å². The van der Waals surface area contributed by atoms with E-state index in [4.69, 9.17) is 10.5 Å². The fraction of sp³-hybridized carbons (Fsp3) is 0.375. The van der Waals surface area contributed by atoms with Gasteiger partial charge in [0.2, 0.25) is 5.91 Å². The van der Waals surface area contributed by atoms with Gasteiger partial charge in [-0.3, -0.25) is 4.79 Å². The van der Waals surface area contributed by atoms with Crippen LogP contribution in [0.1, 0.15) is 18.5 Å². The standard InChI is InChI=1S/C16H19N3O2S2.ClH/c1-11-10-22-15(18-11)23-13-4-2-12(3-5-13)19-14(20)16(17)6-8-21-9-7-16;/h2-5,10H,6-9,17H2,1H3,(H,19,20);1H. The molecule has 2 heterocycles. The number of ether oxygens (including phenoxy) is 1. The number of benzene rings is 1. The zero-order chi connectivity index (χ0) is 16.3. The molecule has 0 aliphatic carbocycles. The Hall–Kier alpha value is -1.12. The molecule has 1 aromatic carbocycles. The number of aromatic nitrogens is 1. The van der Waals surface area contributed by atoms with Crippen LogP contribution in [0.3, 0.4) is 0 Å². The number of carbonyl (C=O) groups excluding carboxylic acids is 1. The number of carbonyl (C=O) groups is 1. The molecule has 1 fully saturated rings. The zero-order valence-electron chi connectivity index (χ0n) is 13.3. The summed E-state index contributed by atoms with van der Waals surface area (Å²) < 4.78 is 6.29. The molecule has 1 aliphatic heterocycles. The van der Waals surface area contributed by atoms with E-state index in [0.717, 1.165) is 20.6 Å². The van der Waals surface area contributed by atoms with Gasteiger partial charge in [0.05, 0.1) is 0 Å². The highest BCUT2D eigenvalue weighted by atomic mass is 35.5. The molecule has 2 aromatic rings. The van der Waals surface area contributed by atoms with Crippen LogP contribution in [0.25, 0.3) is 0 Å².